The van der Waals surface area contributed by atoms with Crippen molar-refractivity contribution in [3.05, 3.63) is 38.8 Å². The second kappa shape index (κ2) is 7.90. The number of piperidine rings is 1. The molecular formula is C17H26N4O3. The number of hydrogen-bond donors (Lipinski definition) is 0. The highest BCUT2D eigenvalue weighted by atomic mass is 16.6. The van der Waals surface area contributed by atoms with Crippen LogP contribution in [0.4, 0.5) is 5.69 Å². The molecule has 0 amide bonds. The molecule has 1 aromatic heterocycles. The summed E-state index contributed by atoms with van der Waals surface area (Å²) in [6, 6.07) is 2.55. The van der Waals surface area contributed by atoms with Crippen molar-refractivity contribution in [2.75, 3.05) is 39.3 Å². The third kappa shape index (κ3) is 4.42. The number of pyridine rings is 1. The van der Waals surface area contributed by atoms with Crippen molar-refractivity contribution in [3.63, 3.8) is 0 Å². The second-order valence-electron chi connectivity index (χ2n) is 6.99. The molecule has 0 aromatic carbocycles. The Bertz CT molecular complexity index is 625. The number of likely N-dealkylation sites (tertiary alicyclic amines) is 2. The highest BCUT2D eigenvalue weighted by Crippen LogP contribution is 2.19. The van der Waals surface area contributed by atoms with Crippen LogP contribution in [-0.2, 0) is 6.54 Å². The first-order valence-corrected chi connectivity index (χ1v) is 8.91. The van der Waals surface area contributed by atoms with E-state index in [-0.39, 0.29) is 11.2 Å². The van der Waals surface area contributed by atoms with E-state index in [0.717, 1.165) is 19.6 Å². The standard InChI is InChI=1S/C17H26N4O3/c22-17-5-4-16(21(23)24)14-20(17)11-10-19-9-6-15(13-19)12-18-7-2-1-3-8-18/h4-5,14-15H,1-3,6-13H2. The molecule has 132 valence electrons. The van der Waals surface area contributed by atoms with E-state index in [1.165, 1.54) is 68.2 Å². The maximum absolute atomic E-state index is 11.8. The predicted octanol–water partition coefficient (Wildman–Crippen LogP) is 1.56. The zero-order valence-corrected chi connectivity index (χ0v) is 14.1. The van der Waals surface area contributed by atoms with Gasteiger partial charge in [0.1, 0.15) is 0 Å². The summed E-state index contributed by atoms with van der Waals surface area (Å²) >= 11 is 0. The number of nitro groups is 1. The van der Waals surface area contributed by atoms with Crippen molar-refractivity contribution < 1.29 is 4.92 Å². The van der Waals surface area contributed by atoms with Gasteiger partial charge in [0.25, 0.3) is 11.2 Å². The van der Waals surface area contributed by atoms with Crippen LogP contribution in [0.3, 0.4) is 0 Å². The lowest BCUT2D eigenvalue weighted by Gasteiger charge is -2.29. The van der Waals surface area contributed by atoms with Crippen LogP contribution in [0.15, 0.2) is 23.1 Å². The summed E-state index contributed by atoms with van der Waals surface area (Å²) in [4.78, 5) is 27.2. The lowest BCUT2D eigenvalue weighted by molar-refractivity contribution is -0.385. The Morgan fingerprint density at radius 2 is 1.88 bits per heavy atom. The minimum absolute atomic E-state index is 0.0287. The molecule has 0 spiro atoms. The van der Waals surface area contributed by atoms with Crippen LogP contribution in [0.2, 0.25) is 0 Å². The van der Waals surface area contributed by atoms with E-state index in [2.05, 4.69) is 9.80 Å². The Kier molecular flexibility index (Phi) is 5.63. The van der Waals surface area contributed by atoms with Gasteiger partial charge in [-0.2, -0.15) is 0 Å². The molecule has 1 unspecified atom stereocenters. The summed E-state index contributed by atoms with van der Waals surface area (Å²) in [5.74, 6) is 0.713. The van der Waals surface area contributed by atoms with E-state index in [0.29, 0.717) is 12.5 Å². The van der Waals surface area contributed by atoms with Crippen molar-refractivity contribution in [3.8, 4) is 0 Å². The summed E-state index contributed by atoms with van der Waals surface area (Å²) in [6.07, 6.45) is 6.58. The van der Waals surface area contributed by atoms with E-state index in [1.807, 2.05) is 0 Å². The van der Waals surface area contributed by atoms with E-state index in [1.54, 1.807) is 0 Å². The second-order valence-corrected chi connectivity index (χ2v) is 6.99. The molecule has 0 radical (unpaired) electrons. The third-order valence-electron chi connectivity index (χ3n) is 5.17. The van der Waals surface area contributed by atoms with Gasteiger partial charge in [0.2, 0.25) is 0 Å². The molecule has 3 heterocycles. The SMILES string of the molecule is O=c1ccc([N+](=O)[O-])cn1CCN1CCC(CN2CCCCC2)C1. The molecule has 2 aliphatic heterocycles. The van der Waals surface area contributed by atoms with Gasteiger partial charge in [-0.1, -0.05) is 6.42 Å². The highest BCUT2D eigenvalue weighted by molar-refractivity contribution is 5.24. The van der Waals surface area contributed by atoms with Crippen LogP contribution in [0.1, 0.15) is 25.7 Å². The Hall–Kier alpha value is -1.73. The summed E-state index contributed by atoms with van der Waals surface area (Å²) < 4.78 is 1.45. The molecule has 3 rings (SSSR count). The molecule has 1 aromatic rings. The molecule has 24 heavy (non-hydrogen) atoms. The molecule has 0 N–H and O–H groups in total. The summed E-state index contributed by atoms with van der Waals surface area (Å²) in [7, 11) is 0. The average molecular weight is 334 g/mol. The number of rotatable bonds is 6. The Labute approximate surface area is 142 Å². The normalized spacial score (nSPS) is 22.8. The van der Waals surface area contributed by atoms with E-state index < -0.39 is 4.92 Å². The summed E-state index contributed by atoms with van der Waals surface area (Å²) in [5.41, 5.74) is -0.205. The van der Waals surface area contributed by atoms with Gasteiger partial charge in [-0.3, -0.25) is 14.9 Å². The molecular weight excluding hydrogens is 308 g/mol. The van der Waals surface area contributed by atoms with Crippen molar-refractivity contribution in [1.82, 2.24) is 14.4 Å². The smallest absolute Gasteiger partial charge is 0.285 e. The molecule has 1 atom stereocenters. The van der Waals surface area contributed by atoms with Crippen LogP contribution in [0, 0.1) is 16.0 Å². The van der Waals surface area contributed by atoms with Crippen LogP contribution < -0.4 is 5.56 Å². The van der Waals surface area contributed by atoms with Gasteiger partial charge in [-0.25, -0.2) is 0 Å². The molecule has 0 bridgehead atoms. The molecule has 0 aliphatic carbocycles. The van der Waals surface area contributed by atoms with E-state index in [4.69, 9.17) is 0 Å². The van der Waals surface area contributed by atoms with Gasteiger partial charge in [0, 0.05) is 38.3 Å². The summed E-state index contributed by atoms with van der Waals surface area (Å²) in [5, 5.41) is 10.8. The molecule has 7 nitrogen and oxygen atoms in total. The molecule has 2 fully saturated rings. The minimum Gasteiger partial charge on any atom is -0.308 e. The van der Waals surface area contributed by atoms with Gasteiger partial charge in [-0.05, 0) is 44.8 Å². The van der Waals surface area contributed by atoms with Gasteiger partial charge < -0.3 is 14.4 Å². The molecule has 2 aliphatic rings. The van der Waals surface area contributed by atoms with E-state index in [9.17, 15) is 14.9 Å². The summed E-state index contributed by atoms with van der Waals surface area (Å²) in [6.45, 7) is 7.07. The van der Waals surface area contributed by atoms with Gasteiger partial charge in [0.05, 0.1) is 11.1 Å². The van der Waals surface area contributed by atoms with Crippen LogP contribution in [0.25, 0.3) is 0 Å². The first-order chi connectivity index (χ1) is 11.6. The molecule has 7 heteroatoms. The van der Waals surface area contributed by atoms with Gasteiger partial charge in [0.15, 0.2) is 0 Å². The Morgan fingerprint density at radius 1 is 1.08 bits per heavy atom. The third-order valence-corrected chi connectivity index (χ3v) is 5.17. The fraction of sp³-hybridized carbons (Fsp3) is 0.706. The first-order valence-electron chi connectivity index (χ1n) is 8.91. The largest absolute Gasteiger partial charge is 0.308 e. The molecule has 0 saturated carbocycles. The quantitative estimate of drug-likeness (QED) is 0.583. The van der Waals surface area contributed by atoms with Crippen LogP contribution in [-0.4, -0.2) is 58.6 Å². The van der Waals surface area contributed by atoms with Gasteiger partial charge >= 0.3 is 0 Å². The maximum atomic E-state index is 11.8. The van der Waals surface area contributed by atoms with Gasteiger partial charge in [-0.15, -0.1) is 0 Å². The van der Waals surface area contributed by atoms with Crippen molar-refractivity contribution >= 4 is 5.69 Å². The zero-order chi connectivity index (χ0) is 16.9. The van der Waals surface area contributed by atoms with Crippen LogP contribution >= 0.6 is 0 Å². The van der Waals surface area contributed by atoms with Crippen LogP contribution in [0.5, 0.6) is 0 Å². The Morgan fingerprint density at radius 3 is 2.62 bits per heavy atom. The zero-order valence-electron chi connectivity index (χ0n) is 14.1. The number of hydrogen-bond acceptors (Lipinski definition) is 5. The number of aromatic nitrogens is 1. The lowest BCUT2D eigenvalue weighted by Crippen LogP contribution is -2.35. The average Bonchev–Trinajstić information content (AvgIpc) is 3.02. The van der Waals surface area contributed by atoms with E-state index >= 15 is 0 Å². The Balaban J connectivity index is 1.48. The lowest BCUT2D eigenvalue weighted by atomic mass is 10.1. The minimum atomic E-state index is -0.458. The highest BCUT2D eigenvalue weighted by Gasteiger charge is 2.24. The predicted molar refractivity (Wildman–Crippen MR) is 92.2 cm³/mol. The fourth-order valence-electron chi connectivity index (χ4n) is 3.82. The maximum Gasteiger partial charge on any atom is 0.285 e. The topological polar surface area (TPSA) is 71.6 Å². The fourth-order valence-corrected chi connectivity index (χ4v) is 3.82. The van der Waals surface area contributed by atoms with Crippen molar-refractivity contribution in [2.45, 2.75) is 32.2 Å². The van der Waals surface area contributed by atoms with Crippen molar-refractivity contribution in [1.29, 1.82) is 0 Å². The monoisotopic (exact) mass is 334 g/mol. The first kappa shape index (κ1) is 17.1. The number of nitrogens with zero attached hydrogens (tertiary/aromatic N) is 4. The van der Waals surface area contributed by atoms with Crippen molar-refractivity contribution in [2.24, 2.45) is 5.92 Å². The molecule has 2 saturated heterocycles.